The van der Waals surface area contributed by atoms with E-state index in [4.69, 9.17) is 9.15 Å². The van der Waals surface area contributed by atoms with Gasteiger partial charge in [0.2, 0.25) is 5.78 Å². The van der Waals surface area contributed by atoms with E-state index < -0.39 is 0 Å². The Morgan fingerprint density at radius 1 is 0.758 bits per heavy atom. The minimum absolute atomic E-state index is 0.0397. The molecule has 0 atom stereocenters. The molecule has 5 nitrogen and oxygen atoms in total. The van der Waals surface area contributed by atoms with Crippen LogP contribution in [0, 0.1) is 0 Å². The van der Waals surface area contributed by atoms with E-state index in [1.807, 2.05) is 54.6 Å². The van der Waals surface area contributed by atoms with Gasteiger partial charge in [-0.15, -0.1) is 0 Å². The van der Waals surface area contributed by atoms with Crippen LogP contribution in [0.15, 0.2) is 83.3 Å². The molecule has 4 aromatic carbocycles. The lowest BCUT2D eigenvalue weighted by Gasteiger charge is -2.15. The Morgan fingerprint density at radius 3 is 2.12 bits per heavy atom. The third-order valence-corrected chi connectivity index (χ3v) is 6.03. The number of carbonyl (C=O) groups excluding carboxylic acids is 3. The van der Waals surface area contributed by atoms with E-state index in [1.165, 1.54) is 0 Å². The maximum Gasteiger partial charge on any atom is 0.229 e. The van der Waals surface area contributed by atoms with E-state index in [1.54, 1.807) is 24.3 Å². The maximum atomic E-state index is 13.5. The lowest BCUT2D eigenvalue weighted by atomic mass is 9.86. The van der Waals surface area contributed by atoms with Crippen molar-refractivity contribution in [2.24, 2.45) is 0 Å². The van der Waals surface area contributed by atoms with Crippen molar-refractivity contribution in [2.45, 2.75) is 6.61 Å². The lowest BCUT2D eigenvalue weighted by molar-refractivity contribution is 0.0962. The first-order valence-electron chi connectivity index (χ1n) is 10.5. The zero-order chi connectivity index (χ0) is 22.5. The molecular weight excluding hydrogens is 416 g/mol. The fraction of sp³-hybridized carbons (Fsp3) is 0.0357. The van der Waals surface area contributed by atoms with E-state index >= 15 is 0 Å². The number of aldehydes is 1. The second-order valence-electron chi connectivity index (χ2n) is 7.89. The summed E-state index contributed by atoms with van der Waals surface area (Å²) in [6.45, 7) is 0.243. The normalized spacial score (nSPS) is 12.6. The standard InChI is InChI=1S/C28H16O5/c29-14-21-22-23-24(30)17-10-4-5-11-18(17)25(31)28(23)33-27(22)20-13-7-6-12-19(20)26(21)32-15-16-8-2-1-3-9-16/h1-14H,15H2. The van der Waals surface area contributed by atoms with Crippen LogP contribution in [0.3, 0.4) is 0 Å². The molecule has 158 valence electrons. The van der Waals surface area contributed by atoms with Gasteiger partial charge in [0.1, 0.15) is 17.9 Å². The molecule has 33 heavy (non-hydrogen) atoms. The molecule has 0 aliphatic heterocycles. The number of hydrogen-bond donors (Lipinski definition) is 0. The Morgan fingerprint density at radius 2 is 1.39 bits per heavy atom. The van der Waals surface area contributed by atoms with E-state index in [0.29, 0.717) is 44.9 Å². The van der Waals surface area contributed by atoms with Crippen molar-refractivity contribution in [3.05, 3.63) is 112 Å². The molecule has 1 heterocycles. The molecule has 0 radical (unpaired) electrons. The van der Waals surface area contributed by atoms with E-state index in [9.17, 15) is 14.4 Å². The molecule has 0 spiro atoms. The second kappa shape index (κ2) is 7.28. The summed E-state index contributed by atoms with van der Waals surface area (Å²) in [5.41, 5.74) is 2.18. The van der Waals surface area contributed by atoms with Gasteiger partial charge in [-0.3, -0.25) is 14.4 Å². The summed E-state index contributed by atoms with van der Waals surface area (Å²) in [7, 11) is 0. The van der Waals surface area contributed by atoms with E-state index in [-0.39, 0.29) is 35.1 Å². The molecule has 0 bridgehead atoms. The molecule has 0 saturated carbocycles. The zero-order valence-corrected chi connectivity index (χ0v) is 17.3. The number of benzene rings is 4. The number of fused-ring (bicyclic) bond motifs is 6. The van der Waals surface area contributed by atoms with Gasteiger partial charge in [-0.25, -0.2) is 0 Å². The van der Waals surface area contributed by atoms with Crippen LogP contribution < -0.4 is 4.74 Å². The molecule has 0 N–H and O–H groups in total. The number of furan rings is 1. The summed E-state index contributed by atoms with van der Waals surface area (Å²) < 4.78 is 12.2. The molecule has 1 aromatic heterocycles. The van der Waals surface area contributed by atoms with Gasteiger partial charge < -0.3 is 9.15 Å². The van der Waals surface area contributed by atoms with Gasteiger partial charge in [0.15, 0.2) is 17.8 Å². The third-order valence-electron chi connectivity index (χ3n) is 6.03. The molecule has 1 aliphatic rings. The van der Waals surface area contributed by atoms with Crippen molar-refractivity contribution < 1.29 is 23.5 Å². The first-order chi connectivity index (χ1) is 16.2. The molecule has 0 fully saturated rings. The summed E-state index contributed by atoms with van der Waals surface area (Å²) in [5.74, 6) is -0.391. The highest BCUT2D eigenvalue weighted by atomic mass is 16.5. The summed E-state index contributed by atoms with van der Waals surface area (Å²) in [4.78, 5) is 39.0. The summed E-state index contributed by atoms with van der Waals surface area (Å²) in [5, 5.41) is 1.65. The lowest BCUT2D eigenvalue weighted by Crippen LogP contribution is -2.19. The molecule has 0 amide bonds. The average molecular weight is 432 g/mol. The van der Waals surface area contributed by atoms with Gasteiger partial charge in [-0.2, -0.15) is 0 Å². The molecule has 6 rings (SSSR count). The highest BCUT2D eigenvalue weighted by molar-refractivity contribution is 6.34. The van der Waals surface area contributed by atoms with Crippen molar-refractivity contribution in [3.63, 3.8) is 0 Å². The van der Waals surface area contributed by atoms with Crippen LogP contribution in [0.5, 0.6) is 5.75 Å². The predicted molar refractivity (Wildman–Crippen MR) is 123 cm³/mol. The fourth-order valence-corrected chi connectivity index (χ4v) is 4.53. The van der Waals surface area contributed by atoms with Gasteiger partial charge in [0, 0.05) is 27.3 Å². The van der Waals surface area contributed by atoms with Crippen molar-refractivity contribution in [3.8, 4) is 5.75 Å². The smallest absolute Gasteiger partial charge is 0.229 e. The largest absolute Gasteiger partial charge is 0.487 e. The Labute approximate surface area is 188 Å². The minimum atomic E-state index is -0.371. The molecule has 0 unspecified atom stereocenters. The van der Waals surface area contributed by atoms with Crippen LogP contribution in [0.1, 0.15) is 48.0 Å². The SMILES string of the molecule is O=Cc1c(OCc2ccccc2)c2ccccc2c2oc3c(c12)C(=O)c1ccccc1C3=O. The van der Waals surface area contributed by atoms with E-state index in [2.05, 4.69) is 0 Å². The van der Waals surface area contributed by atoms with Gasteiger partial charge in [-0.05, 0) is 5.56 Å². The van der Waals surface area contributed by atoms with Crippen LogP contribution in [0.4, 0.5) is 0 Å². The van der Waals surface area contributed by atoms with Crippen molar-refractivity contribution in [2.75, 3.05) is 0 Å². The summed E-state index contributed by atoms with van der Waals surface area (Å²) >= 11 is 0. The fourth-order valence-electron chi connectivity index (χ4n) is 4.53. The van der Waals surface area contributed by atoms with Crippen LogP contribution in [0.25, 0.3) is 21.7 Å². The second-order valence-corrected chi connectivity index (χ2v) is 7.89. The van der Waals surface area contributed by atoms with Gasteiger partial charge in [-0.1, -0.05) is 78.9 Å². The van der Waals surface area contributed by atoms with Crippen molar-refractivity contribution in [1.82, 2.24) is 0 Å². The average Bonchev–Trinajstić information content (AvgIpc) is 3.27. The van der Waals surface area contributed by atoms with Crippen LogP contribution in [-0.2, 0) is 6.61 Å². The highest BCUT2D eigenvalue weighted by Gasteiger charge is 2.37. The molecular formula is C28H16O5. The quantitative estimate of drug-likeness (QED) is 0.332. The first-order valence-corrected chi connectivity index (χ1v) is 10.5. The molecule has 5 heteroatoms. The Kier molecular flexibility index (Phi) is 4.23. The van der Waals surface area contributed by atoms with Crippen LogP contribution in [0.2, 0.25) is 0 Å². The van der Waals surface area contributed by atoms with Crippen molar-refractivity contribution in [1.29, 1.82) is 0 Å². The Hall–Kier alpha value is -4.51. The van der Waals surface area contributed by atoms with Crippen LogP contribution >= 0.6 is 0 Å². The number of ketones is 2. The maximum absolute atomic E-state index is 13.5. The Bertz CT molecular complexity index is 1610. The number of hydrogen-bond acceptors (Lipinski definition) is 5. The van der Waals surface area contributed by atoms with Crippen molar-refractivity contribution >= 4 is 39.6 Å². The molecule has 5 aromatic rings. The number of carbonyl (C=O) groups is 3. The highest BCUT2D eigenvalue weighted by Crippen LogP contribution is 2.44. The molecule has 1 aliphatic carbocycles. The van der Waals surface area contributed by atoms with Gasteiger partial charge in [0.25, 0.3) is 0 Å². The number of ether oxygens (including phenoxy) is 1. The van der Waals surface area contributed by atoms with E-state index in [0.717, 1.165) is 5.56 Å². The van der Waals surface area contributed by atoms with Gasteiger partial charge >= 0.3 is 0 Å². The molecule has 0 saturated heterocycles. The topological polar surface area (TPSA) is 73.6 Å². The number of rotatable bonds is 4. The summed E-state index contributed by atoms with van der Waals surface area (Å²) in [6, 6.07) is 23.6. The predicted octanol–water partition coefficient (Wildman–Crippen LogP) is 5.75. The Balaban J connectivity index is 1.66. The summed E-state index contributed by atoms with van der Waals surface area (Å²) in [6.07, 6.45) is 0.670. The first kappa shape index (κ1) is 19.2. The monoisotopic (exact) mass is 432 g/mol. The van der Waals surface area contributed by atoms with Gasteiger partial charge in [0.05, 0.1) is 11.1 Å². The minimum Gasteiger partial charge on any atom is -0.487 e. The third kappa shape index (κ3) is 2.76. The zero-order valence-electron chi connectivity index (χ0n) is 17.3. The van der Waals surface area contributed by atoms with Crippen LogP contribution in [-0.4, -0.2) is 17.9 Å².